The monoisotopic (exact) mass is 297 g/mol. The number of amides is 2. The Kier molecular flexibility index (Phi) is 5.58. The van der Waals surface area contributed by atoms with E-state index in [1.807, 2.05) is 11.8 Å². The number of ether oxygens (including phenoxy) is 1. The van der Waals surface area contributed by atoms with Crippen molar-refractivity contribution in [3.05, 3.63) is 0 Å². The van der Waals surface area contributed by atoms with Crippen molar-refractivity contribution in [2.45, 2.75) is 45.1 Å². The first-order chi connectivity index (χ1) is 10.1. The highest BCUT2D eigenvalue weighted by molar-refractivity contribution is 5.83. The van der Waals surface area contributed by atoms with Gasteiger partial charge in [-0.3, -0.25) is 9.59 Å². The van der Waals surface area contributed by atoms with Crippen molar-refractivity contribution in [3.8, 4) is 0 Å². The van der Waals surface area contributed by atoms with Crippen LogP contribution in [0.2, 0.25) is 0 Å². The van der Waals surface area contributed by atoms with Crippen LogP contribution in [0, 0.1) is 5.41 Å². The fourth-order valence-electron chi connectivity index (χ4n) is 3.16. The Hall–Kier alpha value is -1.14. The minimum atomic E-state index is -0.433. The maximum Gasteiger partial charge on any atom is 0.230 e. The molecule has 0 saturated carbocycles. The van der Waals surface area contributed by atoms with E-state index in [2.05, 4.69) is 5.32 Å². The number of likely N-dealkylation sites (tertiary alicyclic amines) is 1. The summed E-state index contributed by atoms with van der Waals surface area (Å²) in [4.78, 5) is 26.1. The molecule has 2 aliphatic heterocycles. The maximum absolute atomic E-state index is 12.8. The van der Waals surface area contributed by atoms with E-state index in [0.717, 1.165) is 25.7 Å². The van der Waals surface area contributed by atoms with Crippen LogP contribution in [-0.4, -0.2) is 55.6 Å². The van der Waals surface area contributed by atoms with Crippen molar-refractivity contribution in [2.24, 2.45) is 11.1 Å². The van der Waals surface area contributed by atoms with Crippen molar-refractivity contribution in [3.63, 3.8) is 0 Å². The van der Waals surface area contributed by atoms with E-state index < -0.39 is 5.41 Å². The number of nitrogens with two attached hydrogens (primary N) is 1. The zero-order chi connectivity index (χ0) is 15.3. The van der Waals surface area contributed by atoms with Crippen LogP contribution in [0.4, 0.5) is 0 Å². The zero-order valence-electron chi connectivity index (χ0n) is 12.9. The Morgan fingerprint density at radius 2 is 1.90 bits per heavy atom. The molecule has 2 rings (SSSR count). The second-order valence-corrected chi connectivity index (χ2v) is 6.08. The summed E-state index contributed by atoms with van der Waals surface area (Å²) in [6, 6.07) is 0.199. The lowest BCUT2D eigenvalue weighted by molar-refractivity contribution is -0.148. The van der Waals surface area contributed by atoms with Crippen LogP contribution >= 0.6 is 0 Å². The zero-order valence-corrected chi connectivity index (χ0v) is 12.9. The summed E-state index contributed by atoms with van der Waals surface area (Å²) < 4.78 is 5.36. The Balaban J connectivity index is 1.88. The standard InChI is InChI=1S/C15H27N3O3/c1-2-13(19)17-12-3-7-18(8-4-12)14(20)15(11-16)5-9-21-10-6-15/h12H,2-11,16H2,1H3,(H,17,19). The first-order valence-corrected chi connectivity index (χ1v) is 7.98. The molecule has 0 radical (unpaired) electrons. The molecule has 0 aromatic heterocycles. The molecule has 0 aromatic rings. The van der Waals surface area contributed by atoms with Gasteiger partial charge in [-0.1, -0.05) is 6.92 Å². The van der Waals surface area contributed by atoms with Gasteiger partial charge in [-0.2, -0.15) is 0 Å². The third-order valence-corrected chi connectivity index (χ3v) is 4.76. The number of rotatable bonds is 4. The fraction of sp³-hybridized carbons (Fsp3) is 0.867. The molecule has 2 heterocycles. The Bertz CT molecular complexity index is 372. The van der Waals surface area contributed by atoms with Crippen molar-refractivity contribution in [2.75, 3.05) is 32.8 Å². The average Bonchev–Trinajstić information content (AvgIpc) is 2.55. The Morgan fingerprint density at radius 1 is 1.29 bits per heavy atom. The molecule has 0 aliphatic carbocycles. The van der Waals surface area contributed by atoms with Gasteiger partial charge in [0.15, 0.2) is 0 Å². The van der Waals surface area contributed by atoms with E-state index in [0.29, 0.717) is 39.3 Å². The average molecular weight is 297 g/mol. The van der Waals surface area contributed by atoms with Gasteiger partial charge in [0.25, 0.3) is 0 Å². The molecule has 120 valence electrons. The second-order valence-electron chi connectivity index (χ2n) is 6.08. The van der Waals surface area contributed by atoms with E-state index in [-0.39, 0.29) is 17.9 Å². The van der Waals surface area contributed by atoms with Gasteiger partial charge in [-0.05, 0) is 25.7 Å². The molecule has 0 unspecified atom stereocenters. The van der Waals surface area contributed by atoms with Gasteiger partial charge in [-0.15, -0.1) is 0 Å². The molecule has 0 spiro atoms. The SMILES string of the molecule is CCC(=O)NC1CCN(C(=O)C2(CN)CCOCC2)CC1. The van der Waals surface area contributed by atoms with E-state index in [1.165, 1.54) is 0 Å². The van der Waals surface area contributed by atoms with Crippen LogP contribution in [0.5, 0.6) is 0 Å². The van der Waals surface area contributed by atoms with Gasteiger partial charge in [0, 0.05) is 45.3 Å². The predicted octanol–water partition coefficient (Wildman–Crippen LogP) is 0.259. The van der Waals surface area contributed by atoms with Crippen LogP contribution in [0.15, 0.2) is 0 Å². The van der Waals surface area contributed by atoms with Gasteiger partial charge in [0.1, 0.15) is 0 Å². The molecular weight excluding hydrogens is 270 g/mol. The molecule has 0 aromatic carbocycles. The normalized spacial score (nSPS) is 22.9. The predicted molar refractivity (Wildman–Crippen MR) is 79.6 cm³/mol. The van der Waals surface area contributed by atoms with Crippen molar-refractivity contribution >= 4 is 11.8 Å². The lowest BCUT2D eigenvalue weighted by Crippen LogP contribution is -2.54. The molecule has 6 heteroatoms. The highest BCUT2D eigenvalue weighted by Crippen LogP contribution is 2.32. The van der Waals surface area contributed by atoms with E-state index in [4.69, 9.17) is 10.5 Å². The van der Waals surface area contributed by atoms with E-state index in [1.54, 1.807) is 0 Å². The summed E-state index contributed by atoms with van der Waals surface area (Å²) in [5.74, 6) is 0.260. The second kappa shape index (κ2) is 7.22. The maximum atomic E-state index is 12.8. The van der Waals surface area contributed by atoms with Crippen LogP contribution in [0.3, 0.4) is 0 Å². The first kappa shape index (κ1) is 16.2. The molecule has 6 nitrogen and oxygen atoms in total. The highest BCUT2D eigenvalue weighted by Gasteiger charge is 2.42. The summed E-state index contributed by atoms with van der Waals surface area (Å²) >= 11 is 0. The molecule has 0 bridgehead atoms. The summed E-state index contributed by atoms with van der Waals surface area (Å²) in [6.45, 7) is 4.88. The molecule has 2 aliphatic rings. The Labute approximate surface area is 126 Å². The van der Waals surface area contributed by atoms with Crippen LogP contribution in [0.1, 0.15) is 39.0 Å². The number of hydrogen-bond acceptors (Lipinski definition) is 4. The van der Waals surface area contributed by atoms with Crippen LogP contribution in [0.25, 0.3) is 0 Å². The summed E-state index contributed by atoms with van der Waals surface area (Å²) in [5, 5.41) is 3.01. The molecule has 2 amide bonds. The third kappa shape index (κ3) is 3.74. The van der Waals surface area contributed by atoms with Gasteiger partial charge in [-0.25, -0.2) is 0 Å². The van der Waals surface area contributed by atoms with Crippen molar-refractivity contribution < 1.29 is 14.3 Å². The highest BCUT2D eigenvalue weighted by atomic mass is 16.5. The Morgan fingerprint density at radius 3 is 2.43 bits per heavy atom. The number of piperidine rings is 1. The van der Waals surface area contributed by atoms with Crippen LogP contribution < -0.4 is 11.1 Å². The summed E-state index contributed by atoms with van der Waals surface area (Å²) in [7, 11) is 0. The van der Waals surface area contributed by atoms with Crippen molar-refractivity contribution in [1.82, 2.24) is 10.2 Å². The summed E-state index contributed by atoms with van der Waals surface area (Å²) in [6.07, 6.45) is 3.60. The third-order valence-electron chi connectivity index (χ3n) is 4.76. The van der Waals surface area contributed by atoms with Gasteiger partial charge >= 0.3 is 0 Å². The van der Waals surface area contributed by atoms with E-state index >= 15 is 0 Å². The topological polar surface area (TPSA) is 84.7 Å². The number of carbonyl (C=O) groups is 2. The smallest absolute Gasteiger partial charge is 0.230 e. The number of nitrogens with zero attached hydrogens (tertiary/aromatic N) is 1. The lowest BCUT2D eigenvalue weighted by Gasteiger charge is -2.41. The summed E-state index contributed by atoms with van der Waals surface area (Å²) in [5.41, 5.74) is 5.46. The quantitative estimate of drug-likeness (QED) is 0.779. The fourth-order valence-corrected chi connectivity index (χ4v) is 3.16. The molecule has 21 heavy (non-hydrogen) atoms. The number of hydrogen-bond donors (Lipinski definition) is 2. The largest absolute Gasteiger partial charge is 0.381 e. The molecule has 0 atom stereocenters. The minimum absolute atomic E-state index is 0.0858. The molecule has 2 fully saturated rings. The van der Waals surface area contributed by atoms with Gasteiger partial charge < -0.3 is 20.7 Å². The van der Waals surface area contributed by atoms with Crippen LogP contribution in [-0.2, 0) is 14.3 Å². The van der Waals surface area contributed by atoms with Gasteiger partial charge in [0.05, 0.1) is 5.41 Å². The lowest BCUT2D eigenvalue weighted by atomic mass is 9.78. The molecule has 2 saturated heterocycles. The van der Waals surface area contributed by atoms with Crippen molar-refractivity contribution in [1.29, 1.82) is 0 Å². The number of carbonyl (C=O) groups excluding carboxylic acids is 2. The molecular formula is C15H27N3O3. The van der Waals surface area contributed by atoms with E-state index in [9.17, 15) is 9.59 Å². The first-order valence-electron chi connectivity index (χ1n) is 7.98. The number of nitrogens with one attached hydrogen (secondary N) is 1. The minimum Gasteiger partial charge on any atom is -0.381 e. The van der Waals surface area contributed by atoms with Gasteiger partial charge in [0.2, 0.25) is 11.8 Å². The molecule has 3 N–H and O–H groups in total.